The molecule has 20 heavy (non-hydrogen) atoms. The van der Waals surface area contributed by atoms with Gasteiger partial charge in [0.25, 0.3) is 5.69 Å². The highest BCUT2D eigenvalue weighted by molar-refractivity contribution is 5.67. The van der Waals surface area contributed by atoms with E-state index in [9.17, 15) is 15.2 Å². The molecule has 1 saturated carbocycles. The normalized spacial score (nSPS) is 16.1. The summed E-state index contributed by atoms with van der Waals surface area (Å²) < 4.78 is 5.06. The molecule has 2 aromatic rings. The van der Waals surface area contributed by atoms with Crippen molar-refractivity contribution in [2.24, 2.45) is 5.92 Å². The van der Waals surface area contributed by atoms with Gasteiger partial charge in [-0.25, -0.2) is 0 Å². The van der Waals surface area contributed by atoms with Crippen LogP contribution in [-0.4, -0.2) is 26.3 Å². The van der Waals surface area contributed by atoms with Crippen LogP contribution in [0.25, 0.3) is 11.4 Å². The molecule has 1 N–H and O–H groups in total. The number of hydrogen-bond acceptors (Lipinski definition) is 6. The Morgan fingerprint density at radius 3 is 2.90 bits per heavy atom. The van der Waals surface area contributed by atoms with Crippen molar-refractivity contribution in [2.45, 2.75) is 25.4 Å². The number of aromatic nitrogens is 2. The summed E-state index contributed by atoms with van der Waals surface area (Å²) in [6.07, 6.45) is 1.85. The lowest BCUT2D eigenvalue weighted by molar-refractivity contribution is -0.384. The minimum absolute atomic E-state index is 0.0670. The highest BCUT2D eigenvalue weighted by atomic mass is 16.6. The van der Waals surface area contributed by atoms with Gasteiger partial charge in [-0.1, -0.05) is 17.3 Å². The van der Waals surface area contributed by atoms with Gasteiger partial charge >= 0.3 is 0 Å². The fraction of sp³-hybridized carbons (Fsp3) is 0.385. The molecule has 7 heteroatoms. The molecule has 7 nitrogen and oxygen atoms in total. The zero-order chi connectivity index (χ0) is 14.1. The molecule has 0 bridgehead atoms. The summed E-state index contributed by atoms with van der Waals surface area (Å²) >= 11 is 0. The molecule has 3 rings (SSSR count). The van der Waals surface area contributed by atoms with Crippen molar-refractivity contribution < 1.29 is 14.6 Å². The predicted molar refractivity (Wildman–Crippen MR) is 68.8 cm³/mol. The molecule has 104 valence electrons. The van der Waals surface area contributed by atoms with Gasteiger partial charge in [-0.15, -0.1) is 0 Å². The standard InChI is InChI=1S/C13H13N3O4/c17-11(8-5-6-8)7-12-14-13(15-20-12)9-3-1-2-4-10(9)16(18)19/h1-4,8,11,17H,5-7H2. The van der Waals surface area contributed by atoms with E-state index in [0.717, 1.165) is 12.8 Å². The SMILES string of the molecule is O=[N+]([O-])c1ccccc1-c1noc(CC(O)C2CC2)n1. The Bertz CT molecular complexity index is 636. The Labute approximate surface area is 114 Å². The van der Waals surface area contributed by atoms with Crippen LogP contribution in [0.2, 0.25) is 0 Å². The summed E-state index contributed by atoms with van der Waals surface area (Å²) in [5, 5.41) is 24.5. The van der Waals surface area contributed by atoms with E-state index in [2.05, 4.69) is 10.1 Å². The molecule has 1 aliphatic carbocycles. The van der Waals surface area contributed by atoms with Crippen molar-refractivity contribution in [1.82, 2.24) is 10.1 Å². The second-order valence-corrected chi connectivity index (χ2v) is 4.89. The second kappa shape index (κ2) is 5.01. The van der Waals surface area contributed by atoms with Gasteiger partial charge in [0.15, 0.2) is 0 Å². The maximum atomic E-state index is 11.0. The van der Waals surface area contributed by atoms with Crippen LogP contribution in [0, 0.1) is 16.0 Å². The molecule has 1 unspecified atom stereocenters. The van der Waals surface area contributed by atoms with Crippen LogP contribution in [0.1, 0.15) is 18.7 Å². The van der Waals surface area contributed by atoms with Crippen molar-refractivity contribution in [1.29, 1.82) is 0 Å². The molecular weight excluding hydrogens is 262 g/mol. The van der Waals surface area contributed by atoms with Gasteiger partial charge in [-0.3, -0.25) is 10.1 Å². The Kier molecular flexibility index (Phi) is 3.19. The first-order valence-electron chi connectivity index (χ1n) is 6.39. The number of aliphatic hydroxyl groups excluding tert-OH is 1. The van der Waals surface area contributed by atoms with Crippen LogP contribution in [0.3, 0.4) is 0 Å². The summed E-state index contributed by atoms with van der Waals surface area (Å²) in [6, 6.07) is 6.23. The van der Waals surface area contributed by atoms with Gasteiger partial charge in [0, 0.05) is 6.07 Å². The van der Waals surface area contributed by atoms with Crippen molar-refractivity contribution in [2.75, 3.05) is 0 Å². The number of hydrogen-bond donors (Lipinski definition) is 1. The molecular formula is C13H13N3O4. The molecule has 0 aliphatic heterocycles. The van der Waals surface area contributed by atoms with Gasteiger partial charge in [0.2, 0.25) is 11.7 Å². The molecule has 0 saturated heterocycles. The first kappa shape index (κ1) is 12.7. The van der Waals surface area contributed by atoms with Crippen LogP contribution < -0.4 is 0 Å². The number of rotatable bonds is 5. The number of nitro benzene ring substituents is 1. The Morgan fingerprint density at radius 2 is 2.20 bits per heavy atom. The summed E-state index contributed by atoms with van der Waals surface area (Å²) in [5.74, 6) is 0.796. The monoisotopic (exact) mass is 275 g/mol. The molecule has 1 aromatic heterocycles. The maximum Gasteiger partial charge on any atom is 0.280 e. The quantitative estimate of drug-likeness (QED) is 0.661. The summed E-state index contributed by atoms with van der Waals surface area (Å²) in [7, 11) is 0. The third-order valence-corrected chi connectivity index (χ3v) is 3.36. The topological polar surface area (TPSA) is 102 Å². The summed E-state index contributed by atoms with van der Waals surface area (Å²) in [5.41, 5.74) is 0.246. The number of aliphatic hydroxyl groups is 1. The number of para-hydroxylation sites is 1. The zero-order valence-electron chi connectivity index (χ0n) is 10.6. The lowest BCUT2D eigenvalue weighted by Gasteiger charge is -2.03. The van der Waals surface area contributed by atoms with Crippen LogP contribution >= 0.6 is 0 Å². The molecule has 1 fully saturated rings. The van der Waals surface area contributed by atoms with Crippen LogP contribution in [0.5, 0.6) is 0 Å². The lowest BCUT2D eigenvalue weighted by Crippen LogP contribution is -2.12. The van der Waals surface area contributed by atoms with E-state index < -0.39 is 11.0 Å². The number of benzene rings is 1. The van der Waals surface area contributed by atoms with E-state index in [4.69, 9.17) is 4.52 Å². The fourth-order valence-electron chi connectivity index (χ4n) is 2.10. The van der Waals surface area contributed by atoms with Crippen molar-refractivity contribution in [3.05, 3.63) is 40.3 Å². The first-order valence-corrected chi connectivity index (χ1v) is 6.39. The van der Waals surface area contributed by atoms with E-state index in [0.29, 0.717) is 17.4 Å². The Morgan fingerprint density at radius 1 is 1.45 bits per heavy atom. The van der Waals surface area contributed by atoms with Gasteiger partial charge < -0.3 is 9.63 Å². The fourth-order valence-corrected chi connectivity index (χ4v) is 2.10. The van der Waals surface area contributed by atoms with Crippen molar-refractivity contribution >= 4 is 5.69 Å². The molecule has 0 radical (unpaired) electrons. The average Bonchev–Trinajstić information content (AvgIpc) is 3.20. The first-order chi connectivity index (χ1) is 9.65. The molecule has 1 aromatic carbocycles. The largest absolute Gasteiger partial charge is 0.392 e. The van der Waals surface area contributed by atoms with Gasteiger partial charge in [-0.05, 0) is 24.8 Å². The molecule has 1 atom stereocenters. The van der Waals surface area contributed by atoms with Crippen molar-refractivity contribution in [3.8, 4) is 11.4 Å². The smallest absolute Gasteiger partial charge is 0.280 e. The molecule has 1 heterocycles. The van der Waals surface area contributed by atoms with Crippen LogP contribution in [0.15, 0.2) is 28.8 Å². The second-order valence-electron chi connectivity index (χ2n) is 4.89. The molecule has 1 aliphatic rings. The van der Waals surface area contributed by atoms with Gasteiger partial charge in [0.1, 0.15) is 5.56 Å². The lowest BCUT2D eigenvalue weighted by atomic mass is 10.1. The van der Waals surface area contributed by atoms with Gasteiger partial charge in [-0.2, -0.15) is 4.98 Å². The van der Waals surface area contributed by atoms with Crippen LogP contribution in [-0.2, 0) is 6.42 Å². The Balaban J connectivity index is 1.84. The summed E-state index contributed by atoms with van der Waals surface area (Å²) in [6.45, 7) is 0. The van der Waals surface area contributed by atoms with E-state index in [1.165, 1.54) is 6.07 Å². The highest BCUT2D eigenvalue weighted by Gasteiger charge is 2.31. The minimum Gasteiger partial charge on any atom is -0.392 e. The molecule has 0 spiro atoms. The Hall–Kier alpha value is -2.28. The number of nitrogens with zero attached hydrogens (tertiary/aromatic N) is 3. The summed E-state index contributed by atoms with van der Waals surface area (Å²) in [4.78, 5) is 14.6. The third-order valence-electron chi connectivity index (χ3n) is 3.36. The predicted octanol–water partition coefficient (Wildman–Crippen LogP) is 1.96. The maximum absolute atomic E-state index is 11.0. The third kappa shape index (κ3) is 2.53. The van der Waals surface area contributed by atoms with E-state index in [1.54, 1.807) is 18.2 Å². The van der Waals surface area contributed by atoms with Crippen LogP contribution in [0.4, 0.5) is 5.69 Å². The number of nitro groups is 1. The van der Waals surface area contributed by atoms with E-state index in [-0.39, 0.29) is 17.9 Å². The minimum atomic E-state index is -0.482. The van der Waals surface area contributed by atoms with E-state index in [1.807, 2.05) is 0 Å². The highest BCUT2D eigenvalue weighted by Crippen LogP contribution is 2.34. The van der Waals surface area contributed by atoms with Gasteiger partial charge in [0.05, 0.1) is 17.4 Å². The zero-order valence-corrected chi connectivity index (χ0v) is 10.6. The van der Waals surface area contributed by atoms with E-state index >= 15 is 0 Å². The average molecular weight is 275 g/mol. The molecule has 0 amide bonds. The van der Waals surface area contributed by atoms with Crippen molar-refractivity contribution in [3.63, 3.8) is 0 Å².